The fourth-order valence-electron chi connectivity index (χ4n) is 3.35. The van der Waals surface area contributed by atoms with Crippen molar-refractivity contribution in [1.82, 2.24) is 5.32 Å². The van der Waals surface area contributed by atoms with Gasteiger partial charge in [0.2, 0.25) is 11.8 Å². The van der Waals surface area contributed by atoms with Crippen molar-refractivity contribution in [2.75, 3.05) is 18.2 Å². The van der Waals surface area contributed by atoms with E-state index in [0.29, 0.717) is 11.1 Å². The number of allylic oxidation sites excluding steroid dienone is 1. The fraction of sp³-hybridized carbons (Fsp3) is 0.217. The first-order valence-corrected chi connectivity index (χ1v) is 10.8. The van der Waals surface area contributed by atoms with Crippen LogP contribution in [0.3, 0.4) is 0 Å². The standard InChI is InChI=1S/C23H18F3N3O4S/c1-33-22(32)14-8-6-13(7-9-14)15-10-19(30)29-21(16(15)11-27)34-12-20(31)28-18-5-3-2-4-17(18)23(24,25)26/h2-9,15H,10,12H2,1H3,(H,28,31)(H,29,30)/t15-/m1/s1. The molecule has 1 atom stereocenters. The molecule has 2 N–H and O–H groups in total. The van der Waals surface area contributed by atoms with Gasteiger partial charge in [-0.1, -0.05) is 36.0 Å². The van der Waals surface area contributed by atoms with Gasteiger partial charge in [-0.2, -0.15) is 18.4 Å². The molecular weight excluding hydrogens is 471 g/mol. The molecule has 0 aliphatic carbocycles. The van der Waals surface area contributed by atoms with Crippen molar-refractivity contribution in [3.05, 3.63) is 75.8 Å². The van der Waals surface area contributed by atoms with Crippen LogP contribution in [-0.2, 0) is 20.5 Å². The normalized spacial score (nSPS) is 15.9. The highest BCUT2D eigenvalue weighted by atomic mass is 32.2. The number of nitriles is 1. The predicted octanol–water partition coefficient (Wildman–Crippen LogP) is 4.20. The Bertz CT molecular complexity index is 1190. The van der Waals surface area contributed by atoms with Gasteiger partial charge in [-0.05, 0) is 29.8 Å². The summed E-state index contributed by atoms with van der Waals surface area (Å²) in [6, 6.07) is 12.9. The summed E-state index contributed by atoms with van der Waals surface area (Å²) in [6.07, 6.45) is -4.66. The smallest absolute Gasteiger partial charge is 0.418 e. The molecule has 0 unspecified atom stereocenters. The third kappa shape index (κ3) is 5.77. The SMILES string of the molecule is COC(=O)c1ccc([C@H]2CC(=O)NC(SCC(=O)Nc3ccccc3C(F)(F)F)=C2C#N)cc1. The van der Waals surface area contributed by atoms with Crippen LogP contribution in [0.15, 0.2) is 59.1 Å². The highest BCUT2D eigenvalue weighted by Crippen LogP contribution is 2.37. The van der Waals surface area contributed by atoms with Crippen molar-refractivity contribution in [3.8, 4) is 6.07 Å². The van der Waals surface area contributed by atoms with Gasteiger partial charge in [-0.15, -0.1) is 0 Å². The quantitative estimate of drug-likeness (QED) is 0.589. The Hall–Kier alpha value is -3.78. The molecule has 2 aromatic rings. The van der Waals surface area contributed by atoms with Crippen LogP contribution in [0.1, 0.15) is 33.8 Å². The molecule has 176 valence electrons. The lowest BCUT2D eigenvalue weighted by Crippen LogP contribution is -2.31. The number of methoxy groups -OCH3 is 1. The van der Waals surface area contributed by atoms with E-state index < -0.39 is 29.5 Å². The molecule has 2 aromatic carbocycles. The third-order valence-electron chi connectivity index (χ3n) is 4.94. The van der Waals surface area contributed by atoms with Crippen LogP contribution in [0, 0.1) is 11.3 Å². The van der Waals surface area contributed by atoms with Crippen LogP contribution >= 0.6 is 11.8 Å². The van der Waals surface area contributed by atoms with Crippen molar-refractivity contribution in [2.45, 2.75) is 18.5 Å². The van der Waals surface area contributed by atoms with Gasteiger partial charge >= 0.3 is 12.1 Å². The Morgan fingerprint density at radius 1 is 1.21 bits per heavy atom. The van der Waals surface area contributed by atoms with Crippen molar-refractivity contribution < 1.29 is 32.3 Å². The predicted molar refractivity (Wildman–Crippen MR) is 118 cm³/mol. The Labute approximate surface area is 197 Å². The van der Waals surface area contributed by atoms with Crippen molar-refractivity contribution >= 4 is 35.2 Å². The minimum absolute atomic E-state index is 0.0182. The Kier molecular flexibility index (Phi) is 7.63. The number of thioether (sulfide) groups is 1. The molecule has 1 heterocycles. The minimum atomic E-state index is -4.64. The number of halogens is 3. The lowest BCUT2D eigenvalue weighted by molar-refractivity contribution is -0.137. The van der Waals surface area contributed by atoms with Crippen LogP contribution in [0.25, 0.3) is 0 Å². The molecule has 0 spiro atoms. The number of hydrogen-bond acceptors (Lipinski definition) is 6. The second-order valence-electron chi connectivity index (χ2n) is 7.15. The lowest BCUT2D eigenvalue weighted by atomic mass is 9.87. The van der Waals surface area contributed by atoms with Gasteiger partial charge < -0.3 is 15.4 Å². The number of rotatable bonds is 6. The van der Waals surface area contributed by atoms with Crippen molar-refractivity contribution in [1.29, 1.82) is 5.26 Å². The number of esters is 1. The monoisotopic (exact) mass is 489 g/mol. The summed E-state index contributed by atoms with van der Waals surface area (Å²) in [4.78, 5) is 36.2. The molecule has 7 nitrogen and oxygen atoms in total. The summed E-state index contributed by atoms with van der Waals surface area (Å²) >= 11 is 0.842. The highest BCUT2D eigenvalue weighted by molar-refractivity contribution is 8.03. The largest absolute Gasteiger partial charge is 0.465 e. The molecular formula is C23H18F3N3O4S. The molecule has 11 heteroatoms. The van der Waals surface area contributed by atoms with E-state index in [1.165, 1.54) is 31.4 Å². The molecule has 1 aliphatic rings. The highest BCUT2D eigenvalue weighted by Gasteiger charge is 2.34. The van der Waals surface area contributed by atoms with E-state index in [2.05, 4.69) is 15.4 Å². The average molecular weight is 489 g/mol. The number of nitrogens with one attached hydrogen (secondary N) is 2. The second-order valence-corrected chi connectivity index (χ2v) is 8.14. The second kappa shape index (κ2) is 10.4. The van der Waals surface area contributed by atoms with E-state index in [1.807, 2.05) is 6.07 Å². The van der Waals surface area contributed by atoms with Gasteiger partial charge in [0.1, 0.15) is 0 Å². The molecule has 1 aliphatic heterocycles. The first-order chi connectivity index (χ1) is 16.1. The topological polar surface area (TPSA) is 108 Å². The minimum Gasteiger partial charge on any atom is -0.465 e. The third-order valence-corrected chi connectivity index (χ3v) is 5.96. The fourth-order valence-corrected chi connectivity index (χ4v) is 4.23. The maximum atomic E-state index is 13.1. The Balaban J connectivity index is 1.77. The molecule has 0 radical (unpaired) electrons. The first-order valence-electron chi connectivity index (χ1n) is 9.85. The number of anilines is 1. The van der Waals surface area contributed by atoms with Gasteiger partial charge in [0.05, 0.1) is 46.3 Å². The summed E-state index contributed by atoms with van der Waals surface area (Å²) in [6.45, 7) is 0. The number of carbonyl (C=O) groups excluding carboxylic acids is 3. The van der Waals surface area contributed by atoms with Gasteiger partial charge in [-0.25, -0.2) is 4.79 Å². The van der Waals surface area contributed by atoms with E-state index in [1.54, 1.807) is 12.1 Å². The van der Waals surface area contributed by atoms with Gasteiger partial charge in [0, 0.05) is 12.3 Å². The van der Waals surface area contributed by atoms with E-state index in [-0.39, 0.29) is 34.4 Å². The number of nitrogens with zero attached hydrogens (tertiary/aromatic N) is 1. The van der Waals surface area contributed by atoms with Crippen LogP contribution in [0.4, 0.5) is 18.9 Å². The zero-order valence-electron chi connectivity index (χ0n) is 17.7. The van der Waals surface area contributed by atoms with Crippen molar-refractivity contribution in [2.24, 2.45) is 0 Å². The molecule has 0 fully saturated rings. The number of para-hydroxylation sites is 1. The maximum Gasteiger partial charge on any atom is 0.418 e. The number of ether oxygens (including phenoxy) is 1. The molecule has 0 aromatic heterocycles. The molecule has 34 heavy (non-hydrogen) atoms. The van der Waals surface area contributed by atoms with E-state index in [9.17, 15) is 32.8 Å². The number of hydrogen-bond donors (Lipinski definition) is 2. The van der Waals surface area contributed by atoms with Gasteiger partial charge in [0.25, 0.3) is 0 Å². The molecule has 0 bridgehead atoms. The summed E-state index contributed by atoms with van der Waals surface area (Å²) in [5, 5.41) is 14.6. The van der Waals surface area contributed by atoms with Crippen molar-refractivity contribution in [3.63, 3.8) is 0 Å². The Morgan fingerprint density at radius 2 is 1.88 bits per heavy atom. The van der Waals surface area contributed by atoms with Crippen LogP contribution < -0.4 is 10.6 Å². The van der Waals surface area contributed by atoms with E-state index >= 15 is 0 Å². The maximum absolute atomic E-state index is 13.1. The summed E-state index contributed by atoms with van der Waals surface area (Å²) < 4.78 is 44.1. The first kappa shape index (κ1) is 24.9. The van der Waals surface area contributed by atoms with E-state index in [4.69, 9.17) is 0 Å². The molecule has 0 saturated carbocycles. The average Bonchev–Trinajstić information content (AvgIpc) is 2.81. The number of alkyl halides is 3. The Morgan fingerprint density at radius 3 is 2.50 bits per heavy atom. The number of amides is 2. The summed E-state index contributed by atoms with van der Waals surface area (Å²) in [5.41, 5.74) is -0.239. The number of carbonyl (C=O) groups is 3. The zero-order valence-corrected chi connectivity index (χ0v) is 18.5. The van der Waals surface area contributed by atoms with E-state index in [0.717, 1.165) is 23.9 Å². The molecule has 0 saturated heterocycles. The molecule has 2 amide bonds. The van der Waals surface area contributed by atoms with Gasteiger partial charge in [0.15, 0.2) is 0 Å². The summed E-state index contributed by atoms with van der Waals surface area (Å²) in [5.74, 6) is -2.59. The van der Waals surface area contributed by atoms with Crippen LogP contribution in [0.5, 0.6) is 0 Å². The van der Waals surface area contributed by atoms with Crippen LogP contribution in [0.2, 0.25) is 0 Å². The van der Waals surface area contributed by atoms with Crippen LogP contribution in [-0.4, -0.2) is 30.6 Å². The zero-order chi connectivity index (χ0) is 24.9. The lowest BCUT2D eigenvalue weighted by Gasteiger charge is -2.25. The number of benzene rings is 2. The van der Waals surface area contributed by atoms with Gasteiger partial charge in [-0.3, -0.25) is 9.59 Å². The summed E-state index contributed by atoms with van der Waals surface area (Å²) in [7, 11) is 1.25. The molecule has 3 rings (SSSR count).